The summed E-state index contributed by atoms with van der Waals surface area (Å²) in [6.45, 7) is 10.4. The van der Waals surface area contributed by atoms with E-state index in [1.54, 1.807) is 6.92 Å². The molecule has 3 heterocycles. The highest BCUT2D eigenvalue weighted by Gasteiger charge is 2.24. The van der Waals surface area contributed by atoms with Gasteiger partial charge < -0.3 is 4.98 Å². The van der Waals surface area contributed by atoms with Gasteiger partial charge in [-0.15, -0.1) is 0 Å². The van der Waals surface area contributed by atoms with E-state index < -0.39 is 0 Å². The average Bonchev–Trinajstić information content (AvgIpc) is 2.86. The molecule has 0 fully saturated rings. The van der Waals surface area contributed by atoms with Gasteiger partial charge in [0.25, 0.3) is 5.56 Å². The van der Waals surface area contributed by atoms with Crippen molar-refractivity contribution in [3.8, 4) is 0 Å². The third kappa shape index (κ3) is 3.31. The van der Waals surface area contributed by atoms with Crippen LogP contribution in [-0.4, -0.2) is 31.0 Å². The molecule has 1 aliphatic rings. The van der Waals surface area contributed by atoms with Gasteiger partial charge in [-0.25, -0.2) is 14.8 Å². The van der Waals surface area contributed by atoms with Gasteiger partial charge in [0, 0.05) is 55.1 Å². The van der Waals surface area contributed by atoms with Gasteiger partial charge >= 0.3 is 5.69 Å². The quantitative estimate of drug-likeness (QED) is 0.906. The monoisotopic (exact) mass is 329 g/mol. The number of hydrogen-bond acceptors (Lipinski definition) is 5. The van der Waals surface area contributed by atoms with Crippen molar-refractivity contribution in [1.29, 1.82) is 0 Å². The maximum absolute atomic E-state index is 11.9. The van der Waals surface area contributed by atoms with E-state index in [9.17, 15) is 9.59 Å². The molecular weight excluding hydrogens is 306 g/mol. The number of rotatable bonds is 3. The molecule has 0 saturated carbocycles. The number of nitrogens with one attached hydrogen (secondary N) is 1. The van der Waals surface area contributed by atoms with Crippen LogP contribution in [0.2, 0.25) is 0 Å². The average molecular weight is 329 g/mol. The van der Waals surface area contributed by atoms with Crippen LogP contribution < -0.4 is 11.2 Å². The fraction of sp³-hybridized carbons (Fsp3) is 0.529. The van der Waals surface area contributed by atoms with E-state index in [1.807, 2.05) is 6.20 Å². The van der Waals surface area contributed by atoms with E-state index in [-0.39, 0.29) is 16.7 Å². The van der Waals surface area contributed by atoms with E-state index in [2.05, 4.69) is 40.6 Å². The van der Waals surface area contributed by atoms with Crippen molar-refractivity contribution >= 4 is 0 Å². The molecule has 0 amide bonds. The predicted molar refractivity (Wildman–Crippen MR) is 90.9 cm³/mol. The zero-order valence-corrected chi connectivity index (χ0v) is 14.6. The predicted octanol–water partition coefficient (Wildman–Crippen LogP) is 0.948. The Labute approximate surface area is 140 Å². The Morgan fingerprint density at radius 3 is 2.62 bits per heavy atom. The lowest BCUT2D eigenvalue weighted by atomic mass is 9.95. The molecule has 2 aromatic rings. The van der Waals surface area contributed by atoms with E-state index >= 15 is 0 Å². The van der Waals surface area contributed by atoms with Crippen LogP contribution in [0.15, 0.2) is 21.9 Å². The Hall–Kier alpha value is -2.28. The van der Waals surface area contributed by atoms with Gasteiger partial charge in [-0.1, -0.05) is 20.8 Å². The summed E-state index contributed by atoms with van der Waals surface area (Å²) < 4.78 is 1.24. The highest BCUT2D eigenvalue weighted by molar-refractivity contribution is 5.23. The summed E-state index contributed by atoms with van der Waals surface area (Å²) in [4.78, 5) is 37.8. The topological polar surface area (TPSA) is 83.9 Å². The number of aryl methyl sites for hydroxylation is 1. The van der Waals surface area contributed by atoms with Crippen molar-refractivity contribution in [2.75, 3.05) is 6.54 Å². The molecule has 0 atom stereocenters. The fourth-order valence-corrected chi connectivity index (χ4v) is 2.83. The first kappa shape index (κ1) is 16.6. The molecule has 0 bridgehead atoms. The second-order valence-electron chi connectivity index (χ2n) is 7.37. The smallest absolute Gasteiger partial charge is 0.311 e. The number of fused-ring (bicyclic) bond motifs is 1. The molecular formula is C17H23N5O2. The zero-order chi connectivity index (χ0) is 17.5. The lowest BCUT2D eigenvalue weighted by Crippen LogP contribution is -2.38. The van der Waals surface area contributed by atoms with Gasteiger partial charge in [0.1, 0.15) is 5.82 Å². The van der Waals surface area contributed by atoms with Crippen LogP contribution in [0.4, 0.5) is 0 Å². The Morgan fingerprint density at radius 1 is 1.21 bits per heavy atom. The molecule has 7 heteroatoms. The number of H-pyrrole nitrogens is 1. The summed E-state index contributed by atoms with van der Waals surface area (Å²) in [7, 11) is 0. The summed E-state index contributed by atoms with van der Waals surface area (Å²) in [6, 6.07) is 1.45. The van der Waals surface area contributed by atoms with E-state index in [1.165, 1.54) is 10.6 Å². The number of aromatic amines is 1. The molecule has 24 heavy (non-hydrogen) atoms. The molecule has 0 saturated heterocycles. The Morgan fingerprint density at radius 2 is 1.96 bits per heavy atom. The highest BCUT2D eigenvalue weighted by atomic mass is 16.2. The van der Waals surface area contributed by atoms with Gasteiger partial charge in [0.2, 0.25) is 0 Å². The molecule has 128 valence electrons. The molecule has 2 aromatic heterocycles. The molecule has 0 radical (unpaired) electrons. The Kier molecular flexibility index (Phi) is 4.13. The largest absolute Gasteiger partial charge is 0.328 e. The van der Waals surface area contributed by atoms with E-state index in [4.69, 9.17) is 0 Å². The van der Waals surface area contributed by atoms with Crippen LogP contribution in [0.25, 0.3) is 0 Å². The van der Waals surface area contributed by atoms with Crippen LogP contribution in [0, 0.1) is 6.92 Å². The zero-order valence-electron chi connectivity index (χ0n) is 14.6. The summed E-state index contributed by atoms with van der Waals surface area (Å²) >= 11 is 0. The maximum atomic E-state index is 11.9. The highest BCUT2D eigenvalue weighted by Crippen LogP contribution is 2.24. The fourth-order valence-electron chi connectivity index (χ4n) is 2.83. The van der Waals surface area contributed by atoms with Crippen molar-refractivity contribution in [3.05, 3.63) is 55.9 Å². The second kappa shape index (κ2) is 5.98. The van der Waals surface area contributed by atoms with Gasteiger partial charge in [0.15, 0.2) is 0 Å². The van der Waals surface area contributed by atoms with Crippen molar-refractivity contribution < 1.29 is 0 Å². The third-order valence-electron chi connectivity index (χ3n) is 4.19. The van der Waals surface area contributed by atoms with Crippen molar-refractivity contribution in [2.45, 2.75) is 52.7 Å². The first-order chi connectivity index (χ1) is 11.2. The van der Waals surface area contributed by atoms with Crippen molar-refractivity contribution in [1.82, 2.24) is 24.4 Å². The number of nitrogens with zero attached hydrogens (tertiary/aromatic N) is 4. The molecule has 0 aliphatic carbocycles. The molecule has 0 unspecified atom stereocenters. The van der Waals surface area contributed by atoms with E-state index in [0.29, 0.717) is 18.8 Å². The van der Waals surface area contributed by atoms with Crippen LogP contribution in [-0.2, 0) is 25.0 Å². The normalized spacial score (nSPS) is 14.8. The minimum atomic E-state index is -0.355. The van der Waals surface area contributed by atoms with Crippen LogP contribution in [0.5, 0.6) is 0 Å². The van der Waals surface area contributed by atoms with Crippen LogP contribution in [0.1, 0.15) is 43.5 Å². The van der Waals surface area contributed by atoms with Crippen molar-refractivity contribution in [3.63, 3.8) is 0 Å². The minimum Gasteiger partial charge on any atom is -0.311 e. The van der Waals surface area contributed by atoms with Crippen LogP contribution in [0.3, 0.4) is 0 Å². The molecule has 0 aromatic carbocycles. The summed E-state index contributed by atoms with van der Waals surface area (Å²) in [5.74, 6) is 0.842. The molecule has 3 rings (SSSR count). The van der Waals surface area contributed by atoms with Crippen LogP contribution >= 0.6 is 0 Å². The standard InChI is InChI=1S/C17H23N5O2/c1-11-7-14(23)22(16(24)19-11)6-5-21-9-12-8-18-15(17(2,3)4)20-13(12)10-21/h7-8H,5-6,9-10H2,1-4H3,(H,19,24). The third-order valence-corrected chi connectivity index (χ3v) is 4.19. The molecule has 1 N–H and O–H groups in total. The lowest BCUT2D eigenvalue weighted by Gasteiger charge is -2.16. The minimum absolute atomic E-state index is 0.0784. The van der Waals surface area contributed by atoms with Gasteiger partial charge in [0.05, 0.1) is 5.69 Å². The first-order valence-corrected chi connectivity index (χ1v) is 8.12. The second-order valence-corrected chi connectivity index (χ2v) is 7.37. The first-order valence-electron chi connectivity index (χ1n) is 8.12. The molecule has 7 nitrogen and oxygen atoms in total. The number of hydrogen-bond donors (Lipinski definition) is 1. The SMILES string of the molecule is Cc1cc(=O)n(CCN2Cc3cnc(C(C)(C)C)nc3C2)c(=O)[nH]1. The van der Waals surface area contributed by atoms with Gasteiger partial charge in [-0.2, -0.15) is 0 Å². The summed E-state index contributed by atoms with van der Waals surface area (Å²) in [6.07, 6.45) is 1.90. The molecule has 1 aliphatic heterocycles. The maximum Gasteiger partial charge on any atom is 0.328 e. The number of aromatic nitrogens is 4. The summed E-state index contributed by atoms with van der Waals surface area (Å²) in [5.41, 5.74) is 2.05. The summed E-state index contributed by atoms with van der Waals surface area (Å²) in [5, 5.41) is 0. The van der Waals surface area contributed by atoms with E-state index in [0.717, 1.165) is 30.2 Å². The Bertz CT molecular complexity index is 845. The lowest BCUT2D eigenvalue weighted by molar-refractivity contribution is 0.267. The van der Waals surface area contributed by atoms with Crippen molar-refractivity contribution in [2.24, 2.45) is 0 Å². The van der Waals surface area contributed by atoms with Gasteiger partial charge in [-0.3, -0.25) is 14.3 Å². The Balaban J connectivity index is 1.71. The van der Waals surface area contributed by atoms with Gasteiger partial charge in [-0.05, 0) is 6.92 Å². The molecule has 0 spiro atoms.